The van der Waals surface area contributed by atoms with E-state index in [1.807, 2.05) is 25.1 Å². The van der Waals surface area contributed by atoms with Crippen LogP contribution in [0.15, 0.2) is 22.7 Å². The van der Waals surface area contributed by atoms with E-state index in [4.69, 9.17) is 17.3 Å². The molecule has 0 aliphatic carbocycles. The monoisotopic (exact) mass is 269 g/mol. The summed E-state index contributed by atoms with van der Waals surface area (Å²) in [6, 6.07) is 5.66. The molecule has 1 nitrogen and oxygen atoms in total. The zero-order valence-corrected chi connectivity index (χ0v) is 9.71. The van der Waals surface area contributed by atoms with Gasteiger partial charge in [-0.3, -0.25) is 0 Å². The van der Waals surface area contributed by atoms with Crippen molar-refractivity contribution in [3.63, 3.8) is 0 Å². The highest BCUT2D eigenvalue weighted by Crippen LogP contribution is 2.24. The fourth-order valence-corrected chi connectivity index (χ4v) is 1.91. The van der Waals surface area contributed by atoms with E-state index in [-0.39, 0.29) is 18.4 Å². The minimum absolute atomic E-state index is 0. The molecular formula is C8H10BrCl2N. The van der Waals surface area contributed by atoms with Gasteiger partial charge in [0.15, 0.2) is 0 Å². The Morgan fingerprint density at radius 2 is 2.08 bits per heavy atom. The summed E-state index contributed by atoms with van der Waals surface area (Å²) < 4.78 is 0.972. The van der Waals surface area contributed by atoms with Crippen molar-refractivity contribution < 1.29 is 0 Å². The van der Waals surface area contributed by atoms with E-state index in [9.17, 15) is 0 Å². The molecule has 0 saturated heterocycles. The summed E-state index contributed by atoms with van der Waals surface area (Å²) in [7, 11) is 0. The number of halogens is 3. The van der Waals surface area contributed by atoms with E-state index in [1.54, 1.807) is 0 Å². The van der Waals surface area contributed by atoms with Crippen molar-refractivity contribution in [2.45, 2.75) is 13.0 Å². The van der Waals surface area contributed by atoms with Crippen LogP contribution in [0.3, 0.4) is 0 Å². The maximum absolute atomic E-state index is 5.75. The summed E-state index contributed by atoms with van der Waals surface area (Å²) >= 11 is 9.13. The molecule has 1 unspecified atom stereocenters. The minimum atomic E-state index is 0. The normalized spacial score (nSPS) is 12.0. The lowest BCUT2D eigenvalue weighted by Crippen LogP contribution is -2.05. The molecule has 0 spiro atoms. The van der Waals surface area contributed by atoms with Crippen LogP contribution in [0, 0.1) is 0 Å². The summed E-state index contributed by atoms with van der Waals surface area (Å²) in [6.07, 6.45) is 0. The first-order valence-corrected chi connectivity index (χ1v) is 4.49. The number of benzene rings is 1. The Bertz CT molecular complexity index is 263. The molecule has 0 heterocycles. The Balaban J connectivity index is 0.00000121. The van der Waals surface area contributed by atoms with Crippen molar-refractivity contribution in [1.29, 1.82) is 0 Å². The van der Waals surface area contributed by atoms with Gasteiger partial charge in [0, 0.05) is 15.5 Å². The molecule has 0 bridgehead atoms. The molecule has 0 aliphatic rings. The second-order valence-corrected chi connectivity index (χ2v) is 3.75. The first kappa shape index (κ1) is 12.2. The maximum atomic E-state index is 5.75. The molecule has 1 aromatic carbocycles. The Morgan fingerprint density at radius 3 is 2.50 bits per heavy atom. The average molecular weight is 271 g/mol. The second-order valence-electron chi connectivity index (χ2n) is 2.45. The Labute approximate surface area is 91.8 Å². The van der Waals surface area contributed by atoms with Gasteiger partial charge in [-0.1, -0.05) is 33.6 Å². The van der Waals surface area contributed by atoms with Gasteiger partial charge in [-0.15, -0.1) is 12.4 Å². The van der Waals surface area contributed by atoms with E-state index in [2.05, 4.69) is 15.9 Å². The summed E-state index contributed by atoms with van der Waals surface area (Å²) in [5, 5.41) is 0.723. The molecule has 4 heteroatoms. The van der Waals surface area contributed by atoms with E-state index in [1.165, 1.54) is 0 Å². The predicted octanol–water partition coefficient (Wildman–Crippen LogP) is 3.54. The van der Waals surface area contributed by atoms with Crippen LogP contribution >= 0.6 is 39.9 Å². The standard InChI is InChI=1S/C8H9BrClN.ClH/c1-5(11)7-3-2-6(10)4-8(7)9;/h2-5H,11H2,1H3;1H. The van der Waals surface area contributed by atoms with Crippen LogP contribution in [0.25, 0.3) is 0 Å². The number of rotatable bonds is 1. The summed E-state index contributed by atoms with van der Waals surface area (Å²) in [5.41, 5.74) is 6.77. The predicted molar refractivity (Wildman–Crippen MR) is 59.0 cm³/mol. The molecule has 0 saturated carbocycles. The van der Waals surface area contributed by atoms with Crippen LogP contribution in [0.1, 0.15) is 18.5 Å². The lowest BCUT2D eigenvalue weighted by atomic mass is 10.1. The molecule has 0 radical (unpaired) electrons. The third-order valence-electron chi connectivity index (χ3n) is 1.45. The van der Waals surface area contributed by atoms with E-state index in [0.717, 1.165) is 15.1 Å². The molecule has 1 rings (SSSR count). The van der Waals surface area contributed by atoms with Gasteiger partial charge in [0.05, 0.1) is 0 Å². The van der Waals surface area contributed by atoms with Crippen molar-refractivity contribution in [3.8, 4) is 0 Å². The zero-order chi connectivity index (χ0) is 8.43. The van der Waals surface area contributed by atoms with Gasteiger partial charge >= 0.3 is 0 Å². The van der Waals surface area contributed by atoms with Crippen LogP contribution in [0.2, 0.25) is 5.02 Å². The maximum Gasteiger partial charge on any atom is 0.0417 e. The van der Waals surface area contributed by atoms with Gasteiger partial charge in [0.25, 0.3) is 0 Å². The Morgan fingerprint density at radius 1 is 1.50 bits per heavy atom. The van der Waals surface area contributed by atoms with Gasteiger partial charge in [-0.05, 0) is 24.6 Å². The van der Waals surface area contributed by atoms with Crippen LogP contribution in [0.4, 0.5) is 0 Å². The lowest BCUT2D eigenvalue weighted by molar-refractivity contribution is 0.813. The highest BCUT2D eigenvalue weighted by atomic mass is 79.9. The van der Waals surface area contributed by atoms with Crippen LogP contribution in [-0.4, -0.2) is 0 Å². The molecule has 0 aromatic heterocycles. The van der Waals surface area contributed by atoms with Gasteiger partial charge in [-0.25, -0.2) is 0 Å². The van der Waals surface area contributed by atoms with Crippen molar-refractivity contribution in [1.82, 2.24) is 0 Å². The number of hydrogen-bond acceptors (Lipinski definition) is 1. The molecule has 1 aromatic rings. The smallest absolute Gasteiger partial charge is 0.0417 e. The second kappa shape index (κ2) is 5.07. The fourth-order valence-electron chi connectivity index (χ4n) is 0.871. The third-order valence-corrected chi connectivity index (χ3v) is 2.37. The SMILES string of the molecule is CC(N)c1ccc(Cl)cc1Br.Cl. The van der Waals surface area contributed by atoms with E-state index >= 15 is 0 Å². The number of hydrogen-bond donors (Lipinski definition) is 1. The van der Waals surface area contributed by atoms with E-state index in [0.29, 0.717) is 0 Å². The minimum Gasteiger partial charge on any atom is -0.324 e. The quantitative estimate of drug-likeness (QED) is 0.830. The van der Waals surface area contributed by atoms with E-state index < -0.39 is 0 Å². The van der Waals surface area contributed by atoms with Gasteiger partial charge in [-0.2, -0.15) is 0 Å². The molecule has 0 amide bonds. The van der Waals surface area contributed by atoms with Crippen LogP contribution < -0.4 is 5.73 Å². The lowest BCUT2D eigenvalue weighted by Gasteiger charge is -2.07. The first-order chi connectivity index (χ1) is 5.11. The average Bonchev–Trinajstić information content (AvgIpc) is 1.85. The first-order valence-electron chi connectivity index (χ1n) is 3.32. The van der Waals surface area contributed by atoms with Gasteiger partial charge < -0.3 is 5.73 Å². The summed E-state index contributed by atoms with van der Waals surface area (Å²) in [6.45, 7) is 1.94. The van der Waals surface area contributed by atoms with Gasteiger partial charge in [0.1, 0.15) is 0 Å². The van der Waals surface area contributed by atoms with Crippen molar-refractivity contribution in [2.24, 2.45) is 5.73 Å². The van der Waals surface area contributed by atoms with Crippen molar-refractivity contribution >= 4 is 39.9 Å². The molecule has 1 atom stereocenters. The van der Waals surface area contributed by atoms with Crippen LogP contribution in [0.5, 0.6) is 0 Å². The van der Waals surface area contributed by atoms with Gasteiger partial charge in [0.2, 0.25) is 0 Å². The molecule has 2 N–H and O–H groups in total. The fraction of sp³-hybridized carbons (Fsp3) is 0.250. The molecule has 12 heavy (non-hydrogen) atoms. The molecule has 0 aliphatic heterocycles. The topological polar surface area (TPSA) is 26.0 Å². The van der Waals surface area contributed by atoms with Crippen LogP contribution in [-0.2, 0) is 0 Å². The Kier molecular flexibility index (Phi) is 5.18. The highest BCUT2D eigenvalue weighted by Gasteiger charge is 2.03. The third kappa shape index (κ3) is 2.94. The number of nitrogens with two attached hydrogens (primary N) is 1. The summed E-state index contributed by atoms with van der Waals surface area (Å²) in [4.78, 5) is 0. The summed E-state index contributed by atoms with van der Waals surface area (Å²) in [5.74, 6) is 0. The zero-order valence-electron chi connectivity index (χ0n) is 6.55. The molecule has 68 valence electrons. The molecular weight excluding hydrogens is 261 g/mol. The van der Waals surface area contributed by atoms with Crippen molar-refractivity contribution in [3.05, 3.63) is 33.3 Å². The molecule has 0 fully saturated rings. The largest absolute Gasteiger partial charge is 0.324 e. The highest BCUT2D eigenvalue weighted by molar-refractivity contribution is 9.10. The Hall–Kier alpha value is 0.240. The van der Waals surface area contributed by atoms with Crippen molar-refractivity contribution in [2.75, 3.05) is 0 Å².